The fourth-order valence-corrected chi connectivity index (χ4v) is 3.22. The fraction of sp³-hybridized carbons (Fsp3) is 0.875. The fourth-order valence-electron chi connectivity index (χ4n) is 3.22. The Morgan fingerprint density at radius 2 is 1.60 bits per heavy atom. The molecule has 1 rings (SSSR count). The quantitative estimate of drug-likeness (QED) is 0.780. The van der Waals surface area contributed by atoms with Crippen molar-refractivity contribution in [1.29, 1.82) is 0 Å². The average molecular weight is 283 g/mol. The van der Waals surface area contributed by atoms with Gasteiger partial charge < -0.3 is 10.0 Å². The van der Waals surface area contributed by atoms with E-state index in [1.807, 2.05) is 11.8 Å². The molecule has 0 aromatic carbocycles. The predicted octanol–water partition coefficient (Wildman–Crippen LogP) is 3.31. The number of nitrogens with zero attached hydrogens (tertiary/aromatic N) is 1. The van der Waals surface area contributed by atoms with Crippen molar-refractivity contribution in [2.45, 2.75) is 65.7 Å². The van der Waals surface area contributed by atoms with Crippen LogP contribution < -0.4 is 0 Å². The standard InChI is InChI=1S/C16H29NO3/c1-4-7-13(8-5-2)14(18)17-11-9-16(6-3,10-12-17)15(19)20/h13H,4-12H2,1-3H3,(H,19,20). The van der Waals surface area contributed by atoms with E-state index in [4.69, 9.17) is 0 Å². The van der Waals surface area contributed by atoms with Crippen molar-refractivity contribution in [3.05, 3.63) is 0 Å². The topological polar surface area (TPSA) is 57.6 Å². The Morgan fingerprint density at radius 3 is 1.95 bits per heavy atom. The molecule has 0 aliphatic carbocycles. The number of amides is 1. The summed E-state index contributed by atoms with van der Waals surface area (Å²) in [6, 6.07) is 0. The smallest absolute Gasteiger partial charge is 0.309 e. The second-order valence-electron chi connectivity index (χ2n) is 6.04. The molecular formula is C16H29NO3. The Kier molecular flexibility index (Phi) is 6.50. The minimum Gasteiger partial charge on any atom is -0.481 e. The van der Waals surface area contributed by atoms with Gasteiger partial charge in [0.2, 0.25) is 5.91 Å². The van der Waals surface area contributed by atoms with Crippen LogP contribution in [0.15, 0.2) is 0 Å². The SMILES string of the molecule is CCCC(CCC)C(=O)N1CCC(CC)(C(=O)O)CC1. The second-order valence-corrected chi connectivity index (χ2v) is 6.04. The normalized spacial score (nSPS) is 18.3. The van der Waals surface area contributed by atoms with E-state index in [1.165, 1.54) is 0 Å². The molecule has 1 saturated heterocycles. The van der Waals surface area contributed by atoms with Gasteiger partial charge >= 0.3 is 5.97 Å². The van der Waals surface area contributed by atoms with E-state index in [0.717, 1.165) is 25.7 Å². The van der Waals surface area contributed by atoms with Gasteiger partial charge in [-0.15, -0.1) is 0 Å². The molecule has 0 saturated carbocycles. The number of carboxylic acid groups (broad SMARTS) is 1. The van der Waals surface area contributed by atoms with Crippen molar-refractivity contribution in [3.8, 4) is 0 Å². The summed E-state index contributed by atoms with van der Waals surface area (Å²) in [4.78, 5) is 25.8. The highest BCUT2D eigenvalue weighted by Crippen LogP contribution is 2.35. The Bertz CT molecular complexity index is 327. The molecule has 1 N–H and O–H groups in total. The van der Waals surface area contributed by atoms with E-state index < -0.39 is 11.4 Å². The van der Waals surface area contributed by atoms with Gasteiger partial charge in [0, 0.05) is 19.0 Å². The van der Waals surface area contributed by atoms with Crippen LogP contribution in [0.25, 0.3) is 0 Å². The molecule has 1 aliphatic rings. The first kappa shape index (κ1) is 17.0. The van der Waals surface area contributed by atoms with Crippen LogP contribution in [0.5, 0.6) is 0 Å². The molecule has 1 aliphatic heterocycles. The molecule has 116 valence electrons. The summed E-state index contributed by atoms with van der Waals surface area (Å²) in [5, 5.41) is 9.39. The van der Waals surface area contributed by atoms with Gasteiger partial charge in [-0.05, 0) is 32.1 Å². The molecule has 0 aromatic rings. The van der Waals surface area contributed by atoms with Crippen LogP contribution >= 0.6 is 0 Å². The third kappa shape index (κ3) is 3.74. The van der Waals surface area contributed by atoms with E-state index in [-0.39, 0.29) is 11.8 Å². The van der Waals surface area contributed by atoms with Crippen molar-refractivity contribution in [2.75, 3.05) is 13.1 Å². The number of aliphatic carboxylic acids is 1. The van der Waals surface area contributed by atoms with Gasteiger partial charge in [0.1, 0.15) is 0 Å². The van der Waals surface area contributed by atoms with Crippen LogP contribution in [-0.4, -0.2) is 35.0 Å². The summed E-state index contributed by atoms with van der Waals surface area (Å²) in [6.07, 6.45) is 5.78. The maximum atomic E-state index is 12.5. The van der Waals surface area contributed by atoms with Crippen LogP contribution in [-0.2, 0) is 9.59 Å². The lowest BCUT2D eigenvalue weighted by atomic mass is 9.76. The molecule has 0 radical (unpaired) electrons. The third-order valence-electron chi connectivity index (χ3n) is 4.79. The number of carbonyl (C=O) groups excluding carboxylic acids is 1. The molecule has 20 heavy (non-hydrogen) atoms. The molecular weight excluding hydrogens is 254 g/mol. The molecule has 0 unspecified atom stereocenters. The second kappa shape index (κ2) is 7.65. The number of likely N-dealkylation sites (tertiary alicyclic amines) is 1. The first-order valence-electron chi connectivity index (χ1n) is 8.03. The first-order chi connectivity index (χ1) is 9.50. The summed E-state index contributed by atoms with van der Waals surface area (Å²) in [6.45, 7) is 7.35. The Hall–Kier alpha value is -1.06. The number of carbonyl (C=O) groups is 2. The number of carboxylic acids is 1. The molecule has 0 aromatic heterocycles. The maximum absolute atomic E-state index is 12.5. The van der Waals surface area contributed by atoms with Crippen molar-refractivity contribution in [3.63, 3.8) is 0 Å². The highest BCUT2D eigenvalue weighted by molar-refractivity contribution is 5.80. The maximum Gasteiger partial charge on any atom is 0.309 e. The van der Waals surface area contributed by atoms with E-state index >= 15 is 0 Å². The minimum atomic E-state index is -0.703. The van der Waals surface area contributed by atoms with Crippen molar-refractivity contribution < 1.29 is 14.7 Å². The Labute approximate surface area is 122 Å². The third-order valence-corrected chi connectivity index (χ3v) is 4.79. The lowest BCUT2D eigenvalue weighted by Crippen LogP contribution is -2.48. The van der Waals surface area contributed by atoms with E-state index in [1.54, 1.807) is 0 Å². The number of hydrogen-bond acceptors (Lipinski definition) is 2. The van der Waals surface area contributed by atoms with Crippen molar-refractivity contribution in [2.24, 2.45) is 11.3 Å². The largest absolute Gasteiger partial charge is 0.481 e. The Balaban J connectivity index is 2.63. The van der Waals surface area contributed by atoms with Gasteiger partial charge in [-0.3, -0.25) is 9.59 Å². The van der Waals surface area contributed by atoms with Gasteiger partial charge in [-0.2, -0.15) is 0 Å². The zero-order chi connectivity index (χ0) is 15.2. The molecule has 0 bridgehead atoms. The number of hydrogen-bond donors (Lipinski definition) is 1. The first-order valence-corrected chi connectivity index (χ1v) is 8.03. The minimum absolute atomic E-state index is 0.129. The highest BCUT2D eigenvalue weighted by atomic mass is 16.4. The monoisotopic (exact) mass is 283 g/mol. The van der Waals surface area contributed by atoms with Crippen molar-refractivity contribution >= 4 is 11.9 Å². The molecule has 1 heterocycles. The van der Waals surface area contributed by atoms with Gasteiger partial charge in [0.25, 0.3) is 0 Å². The molecule has 1 fully saturated rings. The lowest BCUT2D eigenvalue weighted by Gasteiger charge is -2.39. The highest BCUT2D eigenvalue weighted by Gasteiger charge is 2.41. The lowest BCUT2D eigenvalue weighted by molar-refractivity contribution is -0.155. The molecule has 0 atom stereocenters. The van der Waals surface area contributed by atoms with E-state index in [9.17, 15) is 14.7 Å². The molecule has 4 heteroatoms. The zero-order valence-electron chi connectivity index (χ0n) is 13.2. The van der Waals surface area contributed by atoms with Crippen LogP contribution in [0.1, 0.15) is 65.7 Å². The number of rotatable bonds is 7. The molecule has 1 amide bonds. The summed E-state index contributed by atoms with van der Waals surface area (Å²) >= 11 is 0. The van der Waals surface area contributed by atoms with Gasteiger partial charge in [0.15, 0.2) is 0 Å². The molecule has 4 nitrogen and oxygen atoms in total. The van der Waals surface area contributed by atoms with Crippen LogP contribution in [0.3, 0.4) is 0 Å². The van der Waals surface area contributed by atoms with Crippen LogP contribution in [0, 0.1) is 11.3 Å². The van der Waals surface area contributed by atoms with Crippen LogP contribution in [0.2, 0.25) is 0 Å². The van der Waals surface area contributed by atoms with Crippen molar-refractivity contribution in [1.82, 2.24) is 4.90 Å². The summed E-state index contributed by atoms with van der Waals surface area (Å²) in [5.41, 5.74) is -0.609. The van der Waals surface area contributed by atoms with E-state index in [0.29, 0.717) is 32.4 Å². The summed E-state index contributed by atoms with van der Waals surface area (Å²) in [5.74, 6) is -0.335. The van der Waals surface area contributed by atoms with E-state index in [2.05, 4.69) is 13.8 Å². The predicted molar refractivity (Wildman–Crippen MR) is 79.5 cm³/mol. The van der Waals surface area contributed by atoms with Gasteiger partial charge in [-0.25, -0.2) is 0 Å². The average Bonchev–Trinajstić information content (AvgIpc) is 2.46. The van der Waals surface area contributed by atoms with Gasteiger partial charge in [-0.1, -0.05) is 33.6 Å². The summed E-state index contributed by atoms with van der Waals surface area (Å²) < 4.78 is 0. The van der Waals surface area contributed by atoms with Crippen LogP contribution in [0.4, 0.5) is 0 Å². The summed E-state index contributed by atoms with van der Waals surface area (Å²) in [7, 11) is 0. The molecule has 0 spiro atoms. The number of piperidine rings is 1. The van der Waals surface area contributed by atoms with Gasteiger partial charge in [0.05, 0.1) is 5.41 Å². The zero-order valence-corrected chi connectivity index (χ0v) is 13.2. The Morgan fingerprint density at radius 1 is 1.10 bits per heavy atom.